The summed E-state index contributed by atoms with van der Waals surface area (Å²) < 4.78 is 0. The average molecular weight is 962 g/mol. The van der Waals surface area contributed by atoms with E-state index in [9.17, 15) is 0 Å². The molecule has 3 aromatic heterocycles. The summed E-state index contributed by atoms with van der Waals surface area (Å²) >= 11 is 0. The molecule has 297 valence electrons. The van der Waals surface area contributed by atoms with Crippen LogP contribution in [0.15, 0.2) is 188 Å². The fourth-order valence-corrected chi connectivity index (χ4v) is 7.91. The van der Waals surface area contributed by atoms with Crippen LogP contribution in [0.25, 0.3) is 88.7 Å². The monoisotopic (exact) mass is 962 g/mol. The molecular formula is C57H43IrN3-2. The van der Waals surface area contributed by atoms with Gasteiger partial charge in [-0.25, -0.2) is 0 Å². The standard InChI is InChI=1S/C40H31N2.C17H12N.Ir/c1-25-9-7-10-29(17-25)31-19-32(37-22-30(15-14-26(37)2)39-18-27(3)28(4)24-42-39)21-33(20-31)38-23-40-36(13-8-16-41-40)34-11-5-6-12-35(34)38;1-2-8-14(9-3-1)15-10-4-5-11-16(15)17-12-6-7-13-18-17;/h5-14,16-24H,1-4H3;1-10,12-13H;/q2*-1;. The summed E-state index contributed by atoms with van der Waals surface area (Å²) in [4.78, 5) is 13.9. The Hall–Kier alpha value is -6.84. The van der Waals surface area contributed by atoms with E-state index in [4.69, 9.17) is 9.97 Å². The summed E-state index contributed by atoms with van der Waals surface area (Å²) in [7, 11) is 0. The Morgan fingerprint density at radius 2 is 1.13 bits per heavy atom. The van der Waals surface area contributed by atoms with Crippen LogP contribution >= 0.6 is 0 Å². The topological polar surface area (TPSA) is 38.7 Å². The summed E-state index contributed by atoms with van der Waals surface area (Å²) in [5.41, 5.74) is 19.3. The fraction of sp³-hybridized carbons (Fsp3) is 0.0702. The van der Waals surface area contributed by atoms with Crippen molar-refractivity contribution in [2.75, 3.05) is 0 Å². The summed E-state index contributed by atoms with van der Waals surface area (Å²) in [5.74, 6) is 0. The Bertz CT molecular complexity index is 3080. The third kappa shape index (κ3) is 8.74. The summed E-state index contributed by atoms with van der Waals surface area (Å²) in [6, 6.07) is 66.4. The van der Waals surface area contributed by atoms with Crippen LogP contribution < -0.4 is 0 Å². The largest absolute Gasteiger partial charge is 0.305 e. The van der Waals surface area contributed by atoms with E-state index >= 15 is 0 Å². The van der Waals surface area contributed by atoms with Crippen molar-refractivity contribution in [2.45, 2.75) is 27.7 Å². The molecule has 4 heteroatoms. The molecule has 0 saturated heterocycles. The zero-order chi connectivity index (χ0) is 41.0. The van der Waals surface area contributed by atoms with Crippen LogP contribution in [0, 0.1) is 39.8 Å². The molecule has 0 spiro atoms. The number of nitrogens with zero attached hydrogens (tertiary/aromatic N) is 3. The average Bonchev–Trinajstić information content (AvgIpc) is 3.30. The number of pyridine rings is 3. The number of rotatable bonds is 6. The van der Waals surface area contributed by atoms with Crippen LogP contribution in [-0.4, -0.2) is 15.0 Å². The van der Waals surface area contributed by atoms with Gasteiger partial charge in [0.1, 0.15) is 0 Å². The van der Waals surface area contributed by atoms with E-state index in [1.165, 1.54) is 77.4 Å². The van der Waals surface area contributed by atoms with Crippen LogP contribution in [0.2, 0.25) is 0 Å². The van der Waals surface area contributed by atoms with Crippen molar-refractivity contribution in [1.29, 1.82) is 0 Å². The van der Waals surface area contributed by atoms with Crippen molar-refractivity contribution in [3.63, 3.8) is 0 Å². The molecule has 0 saturated carbocycles. The van der Waals surface area contributed by atoms with Gasteiger partial charge in [0.25, 0.3) is 0 Å². The first-order valence-corrected chi connectivity index (χ1v) is 20.3. The second kappa shape index (κ2) is 18.2. The van der Waals surface area contributed by atoms with Crippen LogP contribution in [0.5, 0.6) is 0 Å². The Balaban J connectivity index is 0.000000226. The number of benzene rings is 7. The fourth-order valence-electron chi connectivity index (χ4n) is 7.91. The van der Waals surface area contributed by atoms with Gasteiger partial charge in [-0.15, -0.1) is 59.2 Å². The molecule has 0 unspecified atom stereocenters. The van der Waals surface area contributed by atoms with E-state index in [0.29, 0.717) is 0 Å². The quantitative estimate of drug-likeness (QED) is 0.123. The molecule has 0 amide bonds. The number of hydrogen-bond acceptors (Lipinski definition) is 3. The minimum Gasteiger partial charge on any atom is -0.305 e. The van der Waals surface area contributed by atoms with E-state index in [1.54, 1.807) is 0 Å². The zero-order valence-electron chi connectivity index (χ0n) is 34.6. The van der Waals surface area contributed by atoms with Crippen molar-refractivity contribution < 1.29 is 20.1 Å². The van der Waals surface area contributed by atoms with Gasteiger partial charge in [0, 0.05) is 44.1 Å². The summed E-state index contributed by atoms with van der Waals surface area (Å²) in [5, 5.41) is 3.62. The number of aromatic nitrogens is 3. The normalized spacial score (nSPS) is 10.8. The smallest absolute Gasteiger partial charge is 0.0714 e. The minimum atomic E-state index is 0. The maximum absolute atomic E-state index is 4.75. The Morgan fingerprint density at radius 1 is 0.410 bits per heavy atom. The molecule has 10 rings (SSSR count). The Kier molecular flexibility index (Phi) is 12.2. The minimum absolute atomic E-state index is 0. The van der Waals surface area contributed by atoms with Crippen molar-refractivity contribution >= 4 is 21.7 Å². The van der Waals surface area contributed by atoms with Gasteiger partial charge in [-0.2, -0.15) is 0 Å². The Morgan fingerprint density at radius 3 is 1.92 bits per heavy atom. The van der Waals surface area contributed by atoms with Gasteiger partial charge in [-0.05, 0) is 113 Å². The molecule has 0 atom stereocenters. The molecule has 0 N–H and O–H groups in total. The van der Waals surface area contributed by atoms with Crippen LogP contribution in [0.4, 0.5) is 0 Å². The zero-order valence-corrected chi connectivity index (χ0v) is 37.0. The van der Waals surface area contributed by atoms with Crippen molar-refractivity contribution in [2.24, 2.45) is 0 Å². The van der Waals surface area contributed by atoms with Crippen LogP contribution in [0.3, 0.4) is 0 Å². The molecular weight excluding hydrogens is 919 g/mol. The SMILES string of the molecule is Cc1cccc(-c2cc(-c3cc(-c4cc(C)c(C)cn4)[c-]cc3C)cc(-c3cc4ncccc4c4ccccc34)c2)c1.[Ir].[c-]1cccc(-c2ccccc2)c1-c1ccccn1. The first-order valence-electron chi connectivity index (χ1n) is 20.3. The number of hydrogen-bond donors (Lipinski definition) is 0. The predicted octanol–water partition coefficient (Wildman–Crippen LogP) is 14.7. The van der Waals surface area contributed by atoms with Gasteiger partial charge in [-0.3, -0.25) is 4.98 Å². The summed E-state index contributed by atoms with van der Waals surface area (Å²) in [6.45, 7) is 8.55. The molecule has 0 fully saturated rings. The maximum atomic E-state index is 4.75. The molecule has 0 bridgehead atoms. The van der Waals surface area contributed by atoms with Crippen molar-refractivity contribution in [3.05, 3.63) is 223 Å². The number of aryl methyl sites for hydroxylation is 4. The van der Waals surface area contributed by atoms with Crippen molar-refractivity contribution in [1.82, 2.24) is 15.0 Å². The van der Waals surface area contributed by atoms with E-state index in [2.05, 4.69) is 160 Å². The molecule has 1 radical (unpaired) electrons. The third-order valence-electron chi connectivity index (χ3n) is 11.2. The second-order valence-electron chi connectivity index (χ2n) is 15.3. The van der Waals surface area contributed by atoms with Gasteiger partial charge in [0.05, 0.1) is 5.52 Å². The van der Waals surface area contributed by atoms with E-state index in [1.807, 2.05) is 73.2 Å². The molecule has 3 heterocycles. The predicted molar refractivity (Wildman–Crippen MR) is 251 cm³/mol. The molecule has 3 nitrogen and oxygen atoms in total. The summed E-state index contributed by atoms with van der Waals surface area (Å²) in [6.07, 6.45) is 5.64. The van der Waals surface area contributed by atoms with E-state index < -0.39 is 0 Å². The van der Waals surface area contributed by atoms with Crippen molar-refractivity contribution in [3.8, 4) is 67.0 Å². The third-order valence-corrected chi connectivity index (χ3v) is 11.2. The maximum Gasteiger partial charge on any atom is 0.0714 e. The molecule has 10 aromatic rings. The first-order chi connectivity index (χ1) is 29.4. The van der Waals surface area contributed by atoms with Gasteiger partial charge in [0.2, 0.25) is 0 Å². The van der Waals surface area contributed by atoms with Gasteiger partial charge in [0.15, 0.2) is 0 Å². The van der Waals surface area contributed by atoms with E-state index in [0.717, 1.165) is 33.6 Å². The molecule has 7 aromatic carbocycles. The van der Waals surface area contributed by atoms with E-state index in [-0.39, 0.29) is 20.1 Å². The van der Waals surface area contributed by atoms with Crippen LogP contribution in [0.1, 0.15) is 22.3 Å². The van der Waals surface area contributed by atoms with Gasteiger partial charge in [-0.1, -0.05) is 138 Å². The number of fused-ring (bicyclic) bond motifs is 3. The van der Waals surface area contributed by atoms with Gasteiger partial charge < -0.3 is 9.97 Å². The second-order valence-corrected chi connectivity index (χ2v) is 15.3. The van der Waals surface area contributed by atoms with Crippen LogP contribution in [-0.2, 0) is 20.1 Å². The Labute approximate surface area is 372 Å². The molecule has 61 heavy (non-hydrogen) atoms. The molecule has 0 aliphatic carbocycles. The first kappa shape index (κ1) is 40.9. The molecule has 0 aliphatic heterocycles. The van der Waals surface area contributed by atoms with Gasteiger partial charge >= 0.3 is 0 Å². The molecule has 0 aliphatic rings.